The van der Waals surface area contributed by atoms with Crippen LogP contribution in [0.5, 0.6) is 0 Å². The van der Waals surface area contributed by atoms with Crippen molar-refractivity contribution in [2.45, 2.75) is 4.90 Å². The van der Waals surface area contributed by atoms with Crippen molar-refractivity contribution in [3.05, 3.63) is 54.6 Å². The highest BCUT2D eigenvalue weighted by Gasteiger charge is 2.34. The van der Waals surface area contributed by atoms with Crippen molar-refractivity contribution in [3.63, 3.8) is 0 Å². The molecule has 0 spiro atoms. The molecule has 0 aliphatic carbocycles. The van der Waals surface area contributed by atoms with E-state index < -0.39 is 21.8 Å². The van der Waals surface area contributed by atoms with E-state index in [4.69, 9.17) is 0 Å². The summed E-state index contributed by atoms with van der Waals surface area (Å²) in [6.07, 6.45) is 2.94. The molecule has 0 bridgehead atoms. The van der Waals surface area contributed by atoms with Crippen LogP contribution in [0, 0.1) is 0 Å². The lowest BCUT2D eigenvalue weighted by Crippen LogP contribution is -2.31. The van der Waals surface area contributed by atoms with E-state index in [1.165, 1.54) is 41.7 Å². The second kappa shape index (κ2) is 5.86. The fourth-order valence-corrected chi connectivity index (χ4v) is 3.62. The van der Waals surface area contributed by atoms with Gasteiger partial charge >= 0.3 is 0 Å². The molecule has 1 aromatic carbocycles. The van der Waals surface area contributed by atoms with Crippen LogP contribution in [0.1, 0.15) is 20.7 Å². The van der Waals surface area contributed by atoms with Crippen LogP contribution in [0.3, 0.4) is 0 Å². The Bertz CT molecular complexity index is 758. The number of rotatable bonds is 6. The van der Waals surface area contributed by atoms with Crippen molar-refractivity contribution in [2.75, 3.05) is 20.1 Å². The van der Waals surface area contributed by atoms with E-state index in [-0.39, 0.29) is 29.1 Å². The second-order valence-electron chi connectivity index (χ2n) is 4.78. The zero-order valence-electron chi connectivity index (χ0n) is 12.2. The van der Waals surface area contributed by atoms with Crippen LogP contribution in [0.15, 0.2) is 48.4 Å². The van der Waals surface area contributed by atoms with Crippen molar-refractivity contribution in [3.8, 4) is 0 Å². The number of carbonyl (C=O) groups is 2. The minimum atomic E-state index is -3.80. The lowest BCUT2D eigenvalue weighted by Gasteiger charge is -2.19. The van der Waals surface area contributed by atoms with Gasteiger partial charge in [0.25, 0.3) is 11.8 Å². The number of nitrogens with zero attached hydrogens (tertiary/aromatic N) is 2. The average molecular weight is 320 g/mol. The Morgan fingerprint density at radius 1 is 1.09 bits per heavy atom. The van der Waals surface area contributed by atoms with Crippen molar-refractivity contribution in [2.24, 2.45) is 0 Å². The third-order valence-corrected chi connectivity index (χ3v) is 5.19. The summed E-state index contributed by atoms with van der Waals surface area (Å²) < 4.78 is 26.4. The second-order valence-corrected chi connectivity index (χ2v) is 6.71. The lowest BCUT2D eigenvalue weighted by atomic mass is 10.1. The number of carbonyl (C=O) groups excluding carboxylic acids is 2. The van der Waals surface area contributed by atoms with Crippen LogP contribution in [0.2, 0.25) is 0 Å². The SMILES string of the molecule is C=CCN(CC=C)S(=O)(=O)c1ccc2c(c1)C(=O)N(C)C2=O. The first-order chi connectivity index (χ1) is 10.3. The van der Waals surface area contributed by atoms with E-state index >= 15 is 0 Å². The summed E-state index contributed by atoms with van der Waals surface area (Å²) >= 11 is 0. The van der Waals surface area contributed by atoms with Crippen LogP contribution in [0.25, 0.3) is 0 Å². The smallest absolute Gasteiger partial charge is 0.261 e. The fraction of sp³-hybridized carbons (Fsp3) is 0.200. The molecular formula is C15H16N2O4S. The molecule has 0 aromatic heterocycles. The van der Waals surface area contributed by atoms with Gasteiger partial charge in [-0.2, -0.15) is 4.31 Å². The van der Waals surface area contributed by atoms with E-state index in [2.05, 4.69) is 13.2 Å². The summed E-state index contributed by atoms with van der Waals surface area (Å²) in [6.45, 7) is 7.31. The van der Waals surface area contributed by atoms with E-state index in [0.717, 1.165) is 4.90 Å². The summed E-state index contributed by atoms with van der Waals surface area (Å²) in [5.41, 5.74) is 0.316. The number of hydrogen-bond donors (Lipinski definition) is 0. The lowest BCUT2D eigenvalue weighted by molar-refractivity contribution is 0.0693. The first kappa shape index (κ1) is 16.1. The third kappa shape index (κ3) is 2.49. The topological polar surface area (TPSA) is 74.8 Å². The Hall–Kier alpha value is -2.25. The Kier molecular flexibility index (Phi) is 4.30. The summed E-state index contributed by atoms with van der Waals surface area (Å²) in [5.74, 6) is -0.936. The Balaban J connectivity index is 2.50. The van der Waals surface area contributed by atoms with Gasteiger partial charge in [-0.25, -0.2) is 8.42 Å². The third-order valence-electron chi connectivity index (χ3n) is 3.36. The van der Waals surface area contributed by atoms with Crippen molar-refractivity contribution in [1.29, 1.82) is 0 Å². The number of fused-ring (bicyclic) bond motifs is 1. The molecule has 6 nitrogen and oxygen atoms in total. The molecule has 1 aromatic rings. The summed E-state index contributed by atoms with van der Waals surface area (Å²) in [6, 6.07) is 3.94. The molecule has 2 rings (SSSR count). The standard InChI is InChI=1S/C15H16N2O4S/c1-4-8-17(9-5-2)22(20,21)11-6-7-12-13(10-11)15(19)16(3)14(12)18/h4-7,10H,1-2,8-9H2,3H3. The number of amides is 2. The maximum absolute atomic E-state index is 12.6. The van der Waals surface area contributed by atoms with Gasteiger partial charge in [0.15, 0.2) is 0 Å². The molecule has 0 radical (unpaired) electrons. The molecule has 116 valence electrons. The van der Waals surface area contributed by atoms with Crippen molar-refractivity contribution in [1.82, 2.24) is 9.21 Å². The largest absolute Gasteiger partial charge is 0.277 e. The van der Waals surface area contributed by atoms with Gasteiger partial charge in [-0.15, -0.1) is 13.2 Å². The van der Waals surface area contributed by atoms with E-state index in [1.54, 1.807) is 0 Å². The van der Waals surface area contributed by atoms with Gasteiger partial charge in [0.05, 0.1) is 16.0 Å². The zero-order chi connectivity index (χ0) is 16.5. The van der Waals surface area contributed by atoms with E-state index in [9.17, 15) is 18.0 Å². The Morgan fingerprint density at radius 3 is 2.18 bits per heavy atom. The Morgan fingerprint density at radius 2 is 1.64 bits per heavy atom. The van der Waals surface area contributed by atoms with E-state index in [0.29, 0.717) is 0 Å². The average Bonchev–Trinajstić information content (AvgIpc) is 2.71. The molecule has 0 N–H and O–H groups in total. The molecule has 0 atom stereocenters. The highest BCUT2D eigenvalue weighted by Crippen LogP contribution is 2.26. The Labute approximate surface area is 129 Å². The quantitative estimate of drug-likeness (QED) is 0.584. The van der Waals surface area contributed by atoms with Gasteiger partial charge in [0.2, 0.25) is 10.0 Å². The zero-order valence-corrected chi connectivity index (χ0v) is 13.0. The van der Waals surface area contributed by atoms with Gasteiger partial charge in [0, 0.05) is 20.1 Å². The van der Waals surface area contributed by atoms with Crippen molar-refractivity contribution < 1.29 is 18.0 Å². The van der Waals surface area contributed by atoms with Gasteiger partial charge in [-0.05, 0) is 18.2 Å². The summed E-state index contributed by atoms with van der Waals surface area (Å²) in [5, 5.41) is 0. The van der Waals surface area contributed by atoms with Crippen LogP contribution in [-0.2, 0) is 10.0 Å². The van der Waals surface area contributed by atoms with Gasteiger partial charge in [-0.3, -0.25) is 14.5 Å². The maximum Gasteiger partial charge on any atom is 0.261 e. The first-order valence-electron chi connectivity index (χ1n) is 6.53. The van der Waals surface area contributed by atoms with E-state index in [1.807, 2.05) is 0 Å². The van der Waals surface area contributed by atoms with Crippen LogP contribution in [-0.4, -0.2) is 49.6 Å². The van der Waals surface area contributed by atoms with Crippen LogP contribution >= 0.6 is 0 Å². The van der Waals surface area contributed by atoms with Gasteiger partial charge in [-0.1, -0.05) is 12.2 Å². The number of hydrogen-bond acceptors (Lipinski definition) is 4. The molecule has 1 aliphatic rings. The van der Waals surface area contributed by atoms with Crippen molar-refractivity contribution >= 4 is 21.8 Å². The predicted octanol–water partition coefficient (Wildman–Crippen LogP) is 1.28. The molecule has 0 fully saturated rings. The highest BCUT2D eigenvalue weighted by molar-refractivity contribution is 7.89. The normalized spacial score (nSPS) is 14.4. The summed E-state index contributed by atoms with van der Waals surface area (Å²) in [7, 11) is -2.43. The molecule has 22 heavy (non-hydrogen) atoms. The minimum Gasteiger partial charge on any atom is -0.277 e. The predicted molar refractivity (Wildman–Crippen MR) is 82.0 cm³/mol. The molecule has 1 heterocycles. The van der Waals surface area contributed by atoms with Crippen LogP contribution in [0.4, 0.5) is 0 Å². The fourth-order valence-electron chi connectivity index (χ4n) is 2.21. The molecule has 7 heteroatoms. The molecule has 0 unspecified atom stereocenters. The van der Waals surface area contributed by atoms with Gasteiger partial charge in [0.1, 0.15) is 0 Å². The number of imide groups is 1. The molecular weight excluding hydrogens is 304 g/mol. The first-order valence-corrected chi connectivity index (χ1v) is 7.97. The molecule has 1 aliphatic heterocycles. The van der Waals surface area contributed by atoms with Crippen LogP contribution < -0.4 is 0 Å². The van der Waals surface area contributed by atoms with Gasteiger partial charge < -0.3 is 0 Å². The molecule has 0 saturated carbocycles. The highest BCUT2D eigenvalue weighted by atomic mass is 32.2. The monoisotopic (exact) mass is 320 g/mol. The minimum absolute atomic E-state index is 0.0357. The molecule has 2 amide bonds. The molecule has 0 saturated heterocycles. The summed E-state index contributed by atoms with van der Waals surface area (Å²) in [4.78, 5) is 24.7. The number of benzene rings is 1. The number of sulfonamides is 1. The maximum atomic E-state index is 12.6.